The molecular weight excluding hydrogens is 238 g/mol. The Labute approximate surface area is 116 Å². The first-order chi connectivity index (χ1) is 9.00. The van der Waals surface area contributed by atoms with Crippen LogP contribution in [0.5, 0.6) is 5.75 Å². The predicted molar refractivity (Wildman–Crippen MR) is 77.6 cm³/mol. The lowest BCUT2D eigenvalue weighted by Gasteiger charge is -2.23. The molecule has 0 bridgehead atoms. The third-order valence-corrected chi connectivity index (χ3v) is 3.58. The van der Waals surface area contributed by atoms with Crippen LogP contribution in [0.15, 0.2) is 24.3 Å². The number of nitrogens with two attached hydrogens (primary N) is 1. The molecule has 2 atom stereocenters. The molecule has 0 aliphatic carbocycles. The third-order valence-electron chi connectivity index (χ3n) is 3.58. The number of para-hydroxylation sites is 1. The molecule has 2 N–H and O–H groups in total. The Morgan fingerprint density at radius 1 is 1.21 bits per heavy atom. The summed E-state index contributed by atoms with van der Waals surface area (Å²) in [5.74, 6) is 0.967. The lowest BCUT2D eigenvalue weighted by molar-refractivity contribution is 0.0218. The van der Waals surface area contributed by atoms with Crippen molar-refractivity contribution in [1.29, 1.82) is 0 Å². The molecule has 0 aromatic heterocycles. The SMILES string of the molecule is CC(C)(C)c1ccccc1OCC1CCC(CN)O1. The molecular formula is C16H25NO2. The Bertz CT molecular complexity index is 411. The maximum absolute atomic E-state index is 5.97. The van der Waals surface area contributed by atoms with Crippen LogP contribution in [0.4, 0.5) is 0 Å². The zero-order chi connectivity index (χ0) is 13.9. The Morgan fingerprint density at radius 3 is 2.53 bits per heavy atom. The van der Waals surface area contributed by atoms with Gasteiger partial charge in [-0.05, 0) is 29.9 Å². The van der Waals surface area contributed by atoms with Gasteiger partial charge in [-0.3, -0.25) is 0 Å². The fourth-order valence-corrected chi connectivity index (χ4v) is 2.47. The van der Waals surface area contributed by atoms with Gasteiger partial charge in [0.15, 0.2) is 0 Å². The van der Waals surface area contributed by atoms with Crippen LogP contribution in [0.1, 0.15) is 39.2 Å². The number of hydrogen-bond donors (Lipinski definition) is 1. The first-order valence-electron chi connectivity index (χ1n) is 7.08. The first kappa shape index (κ1) is 14.4. The molecule has 3 heteroatoms. The Morgan fingerprint density at radius 2 is 1.89 bits per heavy atom. The predicted octanol–water partition coefficient (Wildman–Crippen LogP) is 2.87. The molecule has 1 heterocycles. The van der Waals surface area contributed by atoms with Gasteiger partial charge >= 0.3 is 0 Å². The molecule has 3 nitrogen and oxygen atoms in total. The summed E-state index contributed by atoms with van der Waals surface area (Å²) in [5, 5.41) is 0. The van der Waals surface area contributed by atoms with Gasteiger partial charge in [-0.25, -0.2) is 0 Å². The summed E-state index contributed by atoms with van der Waals surface area (Å²) >= 11 is 0. The van der Waals surface area contributed by atoms with Gasteiger partial charge < -0.3 is 15.2 Å². The van der Waals surface area contributed by atoms with E-state index in [1.165, 1.54) is 5.56 Å². The van der Waals surface area contributed by atoms with E-state index in [-0.39, 0.29) is 17.6 Å². The van der Waals surface area contributed by atoms with Gasteiger partial charge in [-0.1, -0.05) is 39.0 Å². The smallest absolute Gasteiger partial charge is 0.123 e. The van der Waals surface area contributed by atoms with Crippen LogP contribution in [-0.4, -0.2) is 25.4 Å². The fourth-order valence-electron chi connectivity index (χ4n) is 2.47. The molecule has 1 aliphatic heterocycles. The minimum absolute atomic E-state index is 0.0902. The van der Waals surface area contributed by atoms with Crippen molar-refractivity contribution in [1.82, 2.24) is 0 Å². The summed E-state index contributed by atoms with van der Waals surface area (Å²) in [6.45, 7) is 7.82. The highest BCUT2D eigenvalue weighted by Gasteiger charge is 2.25. The molecule has 1 aliphatic rings. The van der Waals surface area contributed by atoms with Gasteiger partial charge in [-0.15, -0.1) is 0 Å². The van der Waals surface area contributed by atoms with Gasteiger partial charge in [-0.2, -0.15) is 0 Å². The van der Waals surface area contributed by atoms with Crippen LogP contribution in [0, 0.1) is 0 Å². The van der Waals surface area contributed by atoms with Crippen LogP contribution in [0.3, 0.4) is 0 Å². The number of rotatable bonds is 4. The molecule has 1 aromatic carbocycles. The van der Waals surface area contributed by atoms with Crippen LogP contribution in [-0.2, 0) is 10.2 Å². The third kappa shape index (κ3) is 3.71. The standard InChI is InChI=1S/C16H25NO2/c1-16(2,3)14-6-4-5-7-15(14)18-11-13-9-8-12(10-17)19-13/h4-7,12-13H,8-11,17H2,1-3H3. The zero-order valence-electron chi connectivity index (χ0n) is 12.2. The molecule has 1 fully saturated rings. The minimum Gasteiger partial charge on any atom is -0.491 e. The molecule has 1 saturated heterocycles. The summed E-state index contributed by atoms with van der Waals surface area (Å²) in [4.78, 5) is 0. The Balaban J connectivity index is 1.97. The average Bonchev–Trinajstić information content (AvgIpc) is 2.83. The monoisotopic (exact) mass is 263 g/mol. The van der Waals surface area contributed by atoms with E-state index in [4.69, 9.17) is 15.2 Å². The number of hydrogen-bond acceptors (Lipinski definition) is 3. The van der Waals surface area contributed by atoms with Crippen molar-refractivity contribution < 1.29 is 9.47 Å². The van der Waals surface area contributed by atoms with Gasteiger partial charge in [0.2, 0.25) is 0 Å². The average molecular weight is 263 g/mol. The van der Waals surface area contributed by atoms with Crippen molar-refractivity contribution in [3.05, 3.63) is 29.8 Å². The van der Waals surface area contributed by atoms with E-state index in [9.17, 15) is 0 Å². The Kier molecular flexibility index (Phi) is 4.48. The van der Waals surface area contributed by atoms with E-state index in [1.807, 2.05) is 12.1 Å². The summed E-state index contributed by atoms with van der Waals surface area (Å²) in [6, 6.07) is 8.25. The van der Waals surface area contributed by atoms with E-state index in [1.54, 1.807) is 0 Å². The van der Waals surface area contributed by atoms with Crippen LogP contribution in [0.2, 0.25) is 0 Å². The number of ether oxygens (including phenoxy) is 2. The summed E-state index contributed by atoms with van der Waals surface area (Å²) in [7, 11) is 0. The van der Waals surface area contributed by atoms with Gasteiger partial charge in [0, 0.05) is 6.54 Å². The largest absolute Gasteiger partial charge is 0.491 e. The van der Waals surface area contributed by atoms with Crippen LogP contribution >= 0.6 is 0 Å². The van der Waals surface area contributed by atoms with Gasteiger partial charge in [0.25, 0.3) is 0 Å². The van der Waals surface area contributed by atoms with Crippen molar-refractivity contribution in [2.24, 2.45) is 5.73 Å². The molecule has 0 radical (unpaired) electrons. The lowest BCUT2D eigenvalue weighted by atomic mass is 9.86. The van der Waals surface area contributed by atoms with Gasteiger partial charge in [0.1, 0.15) is 12.4 Å². The molecule has 0 saturated carbocycles. The van der Waals surface area contributed by atoms with Crippen molar-refractivity contribution in [2.45, 2.75) is 51.2 Å². The lowest BCUT2D eigenvalue weighted by Crippen LogP contribution is -2.24. The highest BCUT2D eigenvalue weighted by molar-refractivity contribution is 5.38. The molecule has 1 aromatic rings. The summed E-state index contributed by atoms with van der Waals surface area (Å²) in [5.41, 5.74) is 6.95. The highest BCUT2D eigenvalue weighted by Crippen LogP contribution is 2.31. The second kappa shape index (κ2) is 5.93. The molecule has 19 heavy (non-hydrogen) atoms. The topological polar surface area (TPSA) is 44.5 Å². The molecule has 2 rings (SSSR count). The van der Waals surface area contributed by atoms with E-state index in [2.05, 4.69) is 32.9 Å². The molecule has 0 spiro atoms. The van der Waals surface area contributed by atoms with Crippen molar-refractivity contribution >= 4 is 0 Å². The van der Waals surface area contributed by atoms with Crippen LogP contribution in [0.25, 0.3) is 0 Å². The zero-order valence-corrected chi connectivity index (χ0v) is 12.2. The first-order valence-corrected chi connectivity index (χ1v) is 7.08. The van der Waals surface area contributed by atoms with Crippen molar-refractivity contribution in [3.8, 4) is 5.75 Å². The maximum Gasteiger partial charge on any atom is 0.123 e. The molecule has 106 valence electrons. The van der Waals surface area contributed by atoms with E-state index < -0.39 is 0 Å². The minimum atomic E-state index is 0.0902. The summed E-state index contributed by atoms with van der Waals surface area (Å²) < 4.78 is 11.8. The normalized spacial score (nSPS) is 23.6. The molecule has 2 unspecified atom stereocenters. The van der Waals surface area contributed by atoms with E-state index in [0.717, 1.165) is 18.6 Å². The number of benzene rings is 1. The second-order valence-electron chi connectivity index (χ2n) is 6.25. The van der Waals surface area contributed by atoms with Crippen molar-refractivity contribution in [2.75, 3.05) is 13.2 Å². The highest BCUT2D eigenvalue weighted by atomic mass is 16.5. The van der Waals surface area contributed by atoms with Crippen LogP contribution < -0.4 is 10.5 Å². The summed E-state index contributed by atoms with van der Waals surface area (Å²) in [6.07, 6.45) is 2.48. The molecule has 0 amide bonds. The van der Waals surface area contributed by atoms with Gasteiger partial charge in [0.05, 0.1) is 12.2 Å². The van der Waals surface area contributed by atoms with Crippen molar-refractivity contribution in [3.63, 3.8) is 0 Å². The fraction of sp³-hybridized carbons (Fsp3) is 0.625. The van der Waals surface area contributed by atoms with E-state index >= 15 is 0 Å². The second-order valence-corrected chi connectivity index (χ2v) is 6.25. The maximum atomic E-state index is 5.97. The quantitative estimate of drug-likeness (QED) is 0.908. The van der Waals surface area contributed by atoms with E-state index in [0.29, 0.717) is 13.2 Å². The Hall–Kier alpha value is -1.06.